The Morgan fingerprint density at radius 3 is 2.93 bits per heavy atom. The molecule has 1 spiro atoms. The van der Waals surface area contributed by atoms with Crippen molar-refractivity contribution in [3.8, 4) is 0 Å². The molecule has 1 N–H and O–H groups in total. The summed E-state index contributed by atoms with van der Waals surface area (Å²) in [7, 11) is 3.27. The highest BCUT2D eigenvalue weighted by molar-refractivity contribution is 5.76. The molecule has 0 aromatic carbocycles. The van der Waals surface area contributed by atoms with E-state index in [-0.39, 0.29) is 17.6 Å². The Balaban J connectivity index is 2.06. The third-order valence-electron chi connectivity index (χ3n) is 3.34. The molecule has 15 heavy (non-hydrogen) atoms. The Labute approximate surface area is 89.0 Å². The molecule has 0 amide bonds. The van der Waals surface area contributed by atoms with Crippen LogP contribution in [0, 0.1) is 0 Å². The van der Waals surface area contributed by atoms with Crippen molar-refractivity contribution in [1.29, 1.82) is 0 Å². The van der Waals surface area contributed by atoms with E-state index in [0.717, 1.165) is 6.42 Å². The van der Waals surface area contributed by atoms with E-state index in [2.05, 4.69) is 0 Å². The van der Waals surface area contributed by atoms with Crippen LogP contribution in [0.2, 0.25) is 0 Å². The number of rotatable bonds is 1. The smallest absolute Gasteiger partial charge is 0.323 e. The van der Waals surface area contributed by atoms with Crippen LogP contribution in [0.3, 0.4) is 0 Å². The fourth-order valence-corrected chi connectivity index (χ4v) is 2.60. The Bertz CT molecular complexity index is 270. The van der Waals surface area contributed by atoms with E-state index >= 15 is 0 Å². The van der Waals surface area contributed by atoms with Gasteiger partial charge in [0.15, 0.2) is 6.29 Å². The number of aliphatic hydroxyl groups is 1. The minimum absolute atomic E-state index is 0.223. The Kier molecular flexibility index (Phi) is 2.70. The summed E-state index contributed by atoms with van der Waals surface area (Å²) in [6.07, 6.45) is 1.41. The summed E-state index contributed by atoms with van der Waals surface area (Å²) >= 11 is 0. The predicted octanol–water partition coefficient (Wildman–Crippen LogP) is -0.269. The second-order valence-corrected chi connectivity index (χ2v) is 4.45. The van der Waals surface area contributed by atoms with E-state index in [0.29, 0.717) is 19.4 Å². The fourth-order valence-electron chi connectivity index (χ4n) is 2.60. The van der Waals surface area contributed by atoms with Crippen LogP contribution in [-0.4, -0.2) is 54.6 Å². The highest BCUT2D eigenvalue weighted by Crippen LogP contribution is 2.39. The van der Waals surface area contributed by atoms with E-state index in [1.165, 1.54) is 7.11 Å². The second-order valence-electron chi connectivity index (χ2n) is 4.45. The molecule has 0 aromatic rings. The monoisotopic (exact) mass is 215 g/mol. The fraction of sp³-hybridized carbons (Fsp3) is 0.900. The van der Waals surface area contributed by atoms with Gasteiger partial charge in [-0.2, -0.15) is 0 Å². The normalized spacial score (nSPS) is 41.3. The van der Waals surface area contributed by atoms with Crippen molar-refractivity contribution in [1.82, 2.24) is 4.90 Å². The maximum Gasteiger partial charge on any atom is 0.323 e. The molecule has 0 bridgehead atoms. The maximum atomic E-state index is 11.5. The Morgan fingerprint density at radius 1 is 1.67 bits per heavy atom. The van der Waals surface area contributed by atoms with Gasteiger partial charge >= 0.3 is 5.97 Å². The van der Waals surface area contributed by atoms with Gasteiger partial charge in [-0.3, -0.25) is 9.69 Å². The van der Waals surface area contributed by atoms with Crippen molar-refractivity contribution in [2.75, 3.05) is 20.7 Å². The molecular formula is C10H17NO4. The van der Waals surface area contributed by atoms with Gasteiger partial charge in [0, 0.05) is 19.4 Å². The number of likely N-dealkylation sites (tertiary alicyclic amines) is 1. The average Bonchev–Trinajstić information content (AvgIpc) is 2.70. The van der Waals surface area contributed by atoms with E-state index in [4.69, 9.17) is 9.47 Å². The van der Waals surface area contributed by atoms with Crippen molar-refractivity contribution < 1.29 is 19.4 Å². The molecule has 0 radical (unpaired) electrons. The number of hydrogen-bond donors (Lipinski definition) is 1. The first kappa shape index (κ1) is 10.9. The van der Waals surface area contributed by atoms with Crippen molar-refractivity contribution in [3.05, 3.63) is 0 Å². The molecule has 2 aliphatic rings. The van der Waals surface area contributed by atoms with Gasteiger partial charge in [0.1, 0.15) is 6.04 Å². The van der Waals surface area contributed by atoms with E-state index in [1.54, 1.807) is 0 Å². The Hall–Kier alpha value is -0.650. The van der Waals surface area contributed by atoms with Gasteiger partial charge in [0.2, 0.25) is 0 Å². The zero-order valence-corrected chi connectivity index (χ0v) is 9.10. The number of methoxy groups -OCH3 is 1. The molecule has 2 fully saturated rings. The number of nitrogens with zero attached hydrogens (tertiary/aromatic N) is 1. The van der Waals surface area contributed by atoms with Crippen molar-refractivity contribution >= 4 is 5.97 Å². The topological polar surface area (TPSA) is 59.0 Å². The third-order valence-corrected chi connectivity index (χ3v) is 3.34. The van der Waals surface area contributed by atoms with Crippen molar-refractivity contribution in [2.45, 2.75) is 37.2 Å². The summed E-state index contributed by atoms with van der Waals surface area (Å²) in [6.45, 7) is 0.684. The molecule has 2 rings (SSSR count). The lowest BCUT2D eigenvalue weighted by Gasteiger charge is -2.21. The SMILES string of the molecule is COC(=O)C1CC2(CCC(O)O2)CN1C. The minimum atomic E-state index is -0.671. The molecule has 2 aliphatic heterocycles. The number of esters is 1. The van der Waals surface area contributed by atoms with E-state index in [9.17, 15) is 9.90 Å². The quantitative estimate of drug-likeness (QED) is 0.610. The molecule has 2 heterocycles. The van der Waals surface area contributed by atoms with Gasteiger partial charge in [-0.25, -0.2) is 0 Å². The standard InChI is InChI=1S/C10H17NO4/c1-11-6-10(4-3-8(12)15-10)5-7(11)9(13)14-2/h7-8,12H,3-6H2,1-2H3. The average molecular weight is 215 g/mol. The molecule has 3 unspecified atom stereocenters. The van der Waals surface area contributed by atoms with Crippen LogP contribution in [-0.2, 0) is 14.3 Å². The molecule has 3 atom stereocenters. The number of carbonyl (C=O) groups is 1. The lowest BCUT2D eigenvalue weighted by atomic mass is 9.97. The van der Waals surface area contributed by atoms with Crippen LogP contribution in [0.15, 0.2) is 0 Å². The number of ether oxygens (including phenoxy) is 2. The van der Waals surface area contributed by atoms with Gasteiger partial charge < -0.3 is 14.6 Å². The van der Waals surface area contributed by atoms with Gasteiger partial charge in [-0.05, 0) is 13.5 Å². The summed E-state index contributed by atoms with van der Waals surface area (Å²) in [5.41, 5.74) is -0.340. The van der Waals surface area contributed by atoms with Crippen LogP contribution in [0.1, 0.15) is 19.3 Å². The van der Waals surface area contributed by atoms with Crippen LogP contribution < -0.4 is 0 Å². The first-order valence-corrected chi connectivity index (χ1v) is 5.20. The third kappa shape index (κ3) is 1.87. The predicted molar refractivity (Wildman–Crippen MR) is 52.1 cm³/mol. The van der Waals surface area contributed by atoms with E-state index < -0.39 is 6.29 Å². The summed E-state index contributed by atoms with van der Waals surface area (Å²) in [6, 6.07) is -0.236. The highest BCUT2D eigenvalue weighted by atomic mass is 16.6. The Morgan fingerprint density at radius 2 is 2.40 bits per heavy atom. The largest absolute Gasteiger partial charge is 0.468 e. The summed E-state index contributed by atoms with van der Waals surface area (Å²) < 4.78 is 10.2. The molecule has 5 heteroatoms. The van der Waals surface area contributed by atoms with Crippen molar-refractivity contribution in [3.63, 3.8) is 0 Å². The highest BCUT2D eigenvalue weighted by Gasteiger charge is 2.50. The first-order valence-electron chi connectivity index (χ1n) is 5.20. The number of hydrogen-bond acceptors (Lipinski definition) is 5. The van der Waals surface area contributed by atoms with Crippen LogP contribution >= 0.6 is 0 Å². The maximum absolute atomic E-state index is 11.5. The second kappa shape index (κ2) is 3.73. The number of carbonyl (C=O) groups excluding carboxylic acids is 1. The lowest BCUT2D eigenvalue weighted by Crippen LogP contribution is -2.34. The molecule has 5 nitrogen and oxygen atoms in total. The summed E-state index contributed by atoms with van der Waals surface area (Å²) in [5, 5.41) is 9.37. The van der Waals surface area contributed by atoms with E-state index in [1.807, 2.05) is 11.9 Å². The molecule has 2 saturated heterocycles. The minimum Gasteiger partial charge on any atom is -0.468 e. The van der Waals surface area contributed by atoms with Crippen LogP contribution in [0.4, 0.5) is 0 Å². The zero-order valence-electron chi connectivity index (χ0n) is 9.10. The number of likely N-dealkylation sites (N-methyl/N-ethyl adjacent to an activating group) is 1. The van der Waals surface area contributed by atoms with Gasteiger partial charge in [-0.1, -0.05) is 0 Å². The van der Waals surface area contributed by atoms with Crippen LogP contribution in [0.5, 0.6) is 0 Å². The first-order chi connectivity index (χ1) is 7.06. The summed E-state index contributed by atoms with van der Waals surface area (Å²) in [4.78, 5) is 13.4. The number of aliphatic hydroxyl groups excluding tert-OH is 1. The molecule has 86 valence electrons. The lowest BCUT2D eigenvalue weighted by molar-refractivity contribution is -0.147. The van der Waals surface area contributed by atoms with Gasteiger partial charge in [-0.15, -0.1) is 0 Å². The summed E-state index contributed by atoms with van der Waals surface area (Å²) in [5.74, 6) is -0.223. The van der Waals surface area contributed by atoms with Crippen LogP contribution in [0.25, 0.3) is 0 Å². The molecular weight excluding hydrogens is 198 g/mol. The molecule has 0 aromatic heterocycles. The zero-order chi connectivity index (χ0) is 11.1. The van der Waals surface area contributed by atoms with Gasteiger partial charge in [0.05, 0.1) is 12.7 Å². The van der Waals surface area contributed by atoms with Crippen molar-refractivity contribution in [2.24, 2.45) is 0 Å². The van der Waals surface area contributed by atoms with Gasteiger partial charge in [0.25, 0.3) is 0 Å². The molecule has 0 aliphatic carbocycles. The molecule has 0 saturated carbocycles.